The Bertz CT molecular complexity index is 201. The van der Waals surface area contributed by atoms with E-state index in [1.54, 1.807) is 13.8 Å². The highest BCUT2D eigenvalue weighted by Crippen LogP contribution is 2.34. The molecule has 1 aliphatic carbocycles. The zero-order chi connectivity index (χ0) is 10.7. The Morgan fingerprint density at radius 1 is 1.50 bits per heavy atom. The predicted molar refractivity (Wildman–Crippen MR) is 53.6 cm³/mol. The first kappa shape index (κ1) is 11.5. The monoisotopic (exact) mass is 199 g/mol. The summed E-state index contributed by atoms with van der Waals surface area (Å²) in [6, 6.07) is 0. The van der Waals surface area contributed by atoms with Gasteiger partial charge >= 0.3 is 5.97 Å². The van der Waals surface area contributed by atoms with E-state index in [2.05, 4.69) is 6.42 Å². The van der Waals surface area contributed by atoms with Crippen LogP contribution in [0, 0.1) is 24.2 Å². The molecule has 14 heavy (non-hydrogen) atoms. The number of aliphatic hydroxyl groups excluding tert-OH is 1. The zero-order valence-electron chi connectivity index (χ0n) is 8.81. The Morgan fingerprint density at radius 3 is 2.64 bits per heavy atom. The molecule has 3 heteroatoms. The van der Waals surface area contributed by atoms with E-state index in [4.69, 9.17) is 5.11 Å². The van der Waals surface area contributed by atoms with Crippen molar-refractivity contribution in [3.63, 3.8) is 0 Å². The van der Waals surface area contributed by atoms with Gasteiger partial charge < -0.3 is 10.2 Å². The average molecular weight is 199 g/mol. The van der Waals surface area contributed by atoms with Crippen LogP contribution in [0.2, 0.25) is 0 Å². The summed E-state index contributed by atoms with van der Waals surface area (Å²) in [7, 11) is 0. The van der Waals surface area contributed by atoms with Crippen LogP contribution >= 0.6 is 0 Å². The van der Waals surface area contributed by atoms with Gasteiger partial charge in [0.1, 0.15) is 0 Å². The van der Waals surface area contributed by atoms with Crippen molar-refractivity contribution in [3.8, 4) is 0 Å². The second kappa shape index (κ2) is 4.78. The van der Waals surface area contributed by atoms with Crippen molar-refractivity contribution in [2.45, 2.75) is 39.2 Å². The summed E-state index contributed by atoms with van der Waals surface area (Å²) < 4.78 is 0. The number of aliphatic hydroxyl groups is 1. The lowest BCUT2D eigenvalue weighted by Crippen LogP contribution is -2.30. The molecule has 1 radical (unpaired) electrons. The van der Waals surface area contributed by atoms with E-state index in [0.717, 1.165) is 19.3 Å². The molecular weight excluding hydrogens is 180 g/mol. The normalized spacial score (nSPS) is 32.2. The summed E-state index contributed by atoms with van der Waals surface area (Å²) in [5, 5.41) is 18.3. The van der Waals surface area contributed by atoms with Crippen LogP contribution in [0.25, 0.3) is 0 Å². The number of carboxylic acid groups (broad SMARTS) is 1. The molecule has 2 N–H and O–H groups in total. The molecule has 0 aliphatic heterocycles. The fourth-order valence-electron chi connectivity index (χ4n) is 2.14. The lowest BCUT2D eigenvalue weighted by atomic mass is 9.74. The Morgan fingerprint density at radius 2 is 2.14 bits per heavy atom. The SMILES string of the molecule is CC(O)C1[CH]CCC(C(C)C(=O)O)C1. The topological polar surface area (TPSA) is 57.5 Å². The smallest absolute Gasteiger partial charge is 0.306 e. The Labute approximate surface area is 85.1 Å². The first-order chi connectivity index (χ1) is 6.52. The lowest BCUT2D eigenvalue weighted by molar-refractivity contribution is -0.143. The van der Waals surface area contributed by atoms with Gasteiger partial charge in [-0.1, -0.05) is 6.92 Å². The van der Waals surface area contributed by atoms with Gasteiger partial charge in [0.2, 0.25) is 0 Å². The molecule has 81 valence electrons. The van der Waals surface area contributed by atoms with Crippen LogP contribution in [-0.4, -0.2) is 22.3 Å². The summed E-state index contributed by atoms with van der Waals surface area (Å²) in [6.45, 7) is 3.53. The fraction of sp³-hybridized carbons (Fsp3) is 0.818. The largest absolute Gasteiger partial charge is 0.481 e. The van der Waals surface area contributed by atoms with Crippen LogP contribution in [0.5, 0.6) is 0 Å². The number of hydrogen-bond acceptors (Lipinski definition) is 2. The van der Waals surface area contributed by atoms with Gasteiger partial charge in [-0.25, -0.2) is 0 Å². The van der Waals surface area contributed by atoms with E-state index in [1.165, 1.54) is 0 Å². The first-order valence-electron chi connectivity index (χ1n) is 5.26. The molecule has 4 atom stereocenters. The van der Waals surface area contributed by atoms with Crippen molar-refractivity contribution in [2.24, 2.45) is 17.8 Å². The lowest BCUT2D eigenvalue weighted by Gasteiger charge is -2.32. The minimum Gasteiger partial charge on any atom is -0.481 e. The molecule has 0 aromatic heterocycles. The quantitative estimate of drug-likeness (QED) is 0.727. The fourth-order valence-corrected chi connectivity index (χ4v) is 2.14. The van der Waals surface area contributed by atoms with E-state index in [-0.39, 0.29) is 23.9 Å². The van der Waals surface area contributed by atoms with Crippen molar-refractivity contribution in [1.82, 2.24) is 0 Å². The first-order valence-corrected chi connectivity index (χ1v) is 5.26. The average Bonchev–Trinajstić information content (AvgIpc) is 2.16. The van der Waals surface area contributed by atoms with Gasteiger partial charge in [-0.15, -0.1) is 0 Å². The number of rotatable bonds is 3. The van der Waals surface area contributed by atoms with Crippen LogP contribution in [-0.2, 0) is 4.79 Å². The molecule has 0 aromatic rings. The highest BCUT2D eigenvalue weighted by molar-refractivity contribution is 5.69. The summed E-state index contributed by atoms with van der Waals surface area (Å²) >= 11 is 0. The zero-order valence-corrected chi connectivity index (χ0v) is 8.81. The molecule has 0 spiro atoms. The highest BCUT2D eigenvalue weighted by Gasteiger charge is 2.31. The van der Waals surface area contributed by atoms with E-state index in [1.807, 2.05) is 0 Å². The van der Waals surface area contributed by atoms with E-state index < -0.39 is 5.97 Å². The highest BCUT2D eigenvalue weighted by atomic mass is 16.4. The van der Waals surface area contributed by atoms with Crippen LogP contribution < -0.4 is 0 Å². The van der Waals surface area contributed by atoms with Crippen LogP contribution in [0.3, 0.4) is 0 Å². The molecule has 0 saturated heterocycles. The molecule has 0 amide bonds. The molecule has 1 rings (SSSR count). The van der Waals surface area contributed by atoms with Gasteiger partial charge in [0.25, 0.3) is 0 Å². The van der Waals surface area contributed by atoms with E-state index >= 15 is 0 Å². The second-order valence-electron chi connectivity index (χ2n) is 4.34. The maximum absolute atomic E-state index is 10.8. The van der Waals surface area contributed by atoms with Gasteiger partial charge in [0, 0.05) is 0 Å². The molecule has 1 aliphatic rings. The van der Waals surface area contributed by atoms with Gasteiger partial charge in [-0.05, 0) is 44.4 Å². The van der Waals surface area contributed by atoms with Gasteiger partial charge in [0.15, 0.2) is 0 Å². The van der Waals surface area contributed by atoms with E-state index in [0.29, 0.717) is 0 Å². The summed E-state index contributed by atoms with van der Waals surface area (Å²) in [6.07, 6.45) is 4.45. The Hall–Kier alpha value is -0.570. The summed E-state index contributed by atoms with van der Waals surface area (Å²) in [5.41, 5.74) is 0. The molecular formula is C11H19O3. The van der Waals surface area contributed by atoms with Crippen molar-refractivity contribution in [2.75, 3.05) is 0 Å². The number of aliphatic carboxylic acids is 1. The minimum absolute atomic E-state index is 0.176. The maximum atomic E-state index is 10.8. The van der Waals surface area contributed by atoms with Gasteiger partial charge in [0.05, 0.1) is 12.0 Å². The van der Waals surface area contributed by atoms with Gasteiger partial charge in [-0.3, -0.25) is 4.79 Å². The predicted octanol–water partition coefficient (Wildman–Crippen LogP) is 1.71. The number of hydrogen-bond donors (Lipinski definition) is 2. The molecule has 4 unspecified atom stereocenters. The third kappa shape index (κ3) is 2.71. The standard InChI is InChI=1S/C11H19O3/c1-7(11(13)14)9-4-3-5-10(6-9)8(2)12/h5,7-10,12H,3-4,6H2,1-2H3,(H,13,14). The summed E-state index contributed by atoms with van der Waals surface area (Å²) in [4.78, 5) is 10.8. The minimum atomic E-state index is -0.721. The second-order valence-corrected chi connectivity index (χ2v) is 4.34. The molecule has 0 aromatic carbocycles. The van der Waals surface area contributed by atoms with Crippen LogP contribution in [0.15, 0.2) is 0 Å². The Balaban J connectivity index is 2.51. The van der Waals surface area contributed by atoms with Crippen LogP contribution in [0.1, 0.15) is 33.1 Å². The maximum Gasteiger partial charge on any atom is 0.306 e. The van der Waals surface area contributed by atoms with Crippen molar-refractivity contribution >= 4 is 5.97 Å². The third-order valence-electron chi connectivity index (χ3n) is 3.30. The molecule has 1 fully saturated rings. The molecule has 0 bridgehead atoms. The Kier molecular flexibility index (Phi) is 3.93. The molecule has 0 heterocycles. The van der Waals surface area contributed by atoms with Crippen molar-refractivity contribution < 1.29 is 15.0 Å². The van der Waals surface area contributed by atoms with Gasteiger partial charge in [-0.2, -0.15) is 0 Å². The number of carbonyl (C=O) groups is 1. The third-order valence-corrected chi connectivity index (χ3v) is 3.30. The molecule has 1 saturated carbocycles. The van der Waals surface area contributed by atoms with Crippen molar-refractivity contribution in [3.05, 3.63) is 6.42 Å². The van der Waals surface area contributed by atoms with Crippen LogP contribution in [0.4, 0.5) is 0 Å². The van der Waals surface area contributed by atoms with E-state index in [9.17, 15) is 9.90 Å². The molecule has 3 nitrogen and oxygen atoms in total. The summed E-state index contributed by atoms with van der Waals surface area (Å²) in [5.74, 6) is -0.612. The van der Waals surface area contributed by atoms with Crippen molar-refractivity contribution in [1.29, 1.82) is 0 Å². The number of carboxylic acids is 1.